The summed E-state index contributed by atoms with van der Waals surface area (Å²) >= 11 is 0. The maximum absolute atomic E-state index is 13.7. The van der Waals surface area contributed by atoms with Crippen LogP contribution >= 0.6 is 0 Å². The molecule has 6 amide bonds. The topological polar surface area (TPSA) is 166 Å². The minimum Gasteiger partial charge on any atom is -0.354 e. The predicted molar refractivity (Wildman–Crippen MR) is 173 cm³/mol. The summed E-state index contributed by atoms with van der Waals surface area (Å²) in [7, 11) is 0. The predicted octanol–water partition coefficient (Wildman–Crippen LogP) is 1.44. The molecule has 0 fully saturated rings. The van der Waals surface area contributed by atoms with E-state index in [1.165, 1.54) is 6.92 Å². The Labute approximate surface area is 270 Å². The molecule has 2 aromatic carbocycles. The molecular weight excluding hydrogens is 588 g/mol. The Balaban J connectivity index is 1.90. The van der Waals surface area contributed by atoms with Crippen molar-refractivity contribution >= 4 is 35.4 Å². The second-order valence-corrected chi connectivity index (χ2v) is 12.1. The molecule has 248 valence electrons. The van der Waals surface area contributed by atoms with Gasteiger partial charge in [0.25, 0.3) is 5.91 Å². The lowest BCUT2D eigenvalue weighted by Crippen LogP contribution is -2.57. The second-order valence-electron chi connectivity index (χ2n) is 12.1. The van der Waals surface area contributed by atoms with E-state index >= 15 is 0 Å². The van der Waals surface area contributed by atoms with Gasteiger partial charge in [0.15, 0.2) is 0 Å². The van der Waals surface area contributed by atoms with Crippen LogP contribution in [0.3, 0.4) is 0 Å². The smallest absolute Gasteiger partial charge is 0.251 e. The zero-order valence-electron chi connectivity index (χ0n) is 27.1. The summed E-state index contributed by atoms with van der Waals surface area (Å²) in [4.78, 5) is 79.1. The number of fused-ring (bicyclic) bond motifs is 18. The van der Waals surface area contributed by atoms with E-state index in [1.807, 2.05) is 44.2 Å². The van der Waals surface area contributed by atoms with E-state index < -0.39 is 35.8 Å². The van der Waals surface area contributed by atoms with Crippen molar-refractivity contribution in [2.24, 2.45) is 5.92 Å². The van der Waals surface area contributed by atoms with E-state index in [2.05, 4.69) is 26.6 Å². The van der Waals surface area contributed by atoms with Crippen LogP contribution in [0.25, 0.3) is 0 Å². The molecule has 2 aliphatic rings. The fourth-order valence-corrected chi connectivity index (χ4v) is 5.03. The quantitative estimate of drug-likeness (QED) is 0.302. The molecule has 0 saturated carbocycles. The molecule has 0 spiro atoms. The summed E-state index contributed by atoms with van der Waals surface area (Å²) in [6.07, 6.45) is 1.68. The molecule has 0 saturated heterocycles. The van der Waals surface area contributed by atoms with E-state index in [0.717, 1.165) is 11.1 Å². The molecule has 0 radical (unpaired) electrons. The third-order valence-electron chi connectivity index (χ3n) is 7.58. The standard InChI is InChI=1S/C34H46N6O6/c1-22(2)18-28-33(45)37-23(3)31(43)35-16-8-9-17-40(30(42)20-36-24(4)41)21-26-12-14-27(15-13-26)32(44)38-29(34(46)39-28)19-25-10-6-5-7-11-25/h5-7,10-15,22-23,28-29H,8-9,16-21H2,1-4H3,(H,35,43)(H,36,41)(H,37,45)(H,38,44)(H,39,46)/t23-,28+,29-/m1/s1. The molecule has 2 aromatic rings. The van der Waals surface area contributed by atoms with E-state index in [1.54, 1.807) is 36.1 Å². The van der Waals surface area contributed by atoms with Crippen LogP contribution in [0.5, 0.6) is 0 Å². The summed E-state index contributed by atoms with van der Waals surface area (Å²) in [6, 6.07) is 13.2. The largest absolute Gasteiger partial charge is 0.354 e. The Morgan fingerprint density at radius 3 is 2.20 bits per heavy atom. The lowest BCUT2D eigenvalue weighted by atomic mass is 10.0. The summed E-state index contributed by atoms with van der Waals surface area (Å²) in [6.45, 7) is 7.60. The van der Waals surface area contributed by atoms with Crippen molar-refractivity contribution in [2.75, 3.05) is 19.6 Å². The van der Waals surface area contributed by atoms with Gasteiger partial charge in [-0.25, -0.2) is 0 Å². The van der Waals surface area contributed by atoms with Gasteiger partial charge in [-0.05, 0) is 55.4 Å². The van der Waals surface area contributed by atoms with Crippen molar-refractivity contribution in [1.29, 1.82) is 0 Å². The second kappa shape index (κ2) is 17.7. The number of rotatable bonds is 6. The van der Waals surface area contributed by atoms with Crippen molar-refractivity contribution in [3.8, 4) is 0 Å². The van der Waals surface area contributed by atoms with E-state index in [0.29, 0.717) is 37.9 Å². The Morgan fingerprint density at radius 2 is 1.54 bits per heavy atom. The SMILES string of the molecule is CC(=O)NCC(=O)N1CCCCNC(=O)[C@@H](C)NC(=O)[C@H](CC(C)C)NC(=O)[C@@H](Cc2ccccc2)NC(=O)c2ccc(cc2)C1. The summed E-state index contributed by atoms with van der Waals surface area (Å²) in [5.74, 6) is -2.38. The summed E-state index contributed by atoms with van der Waals surface area (Å²) in [5, 5.41) is 13.7. The zero-order chi connectivity index (χ0) is 33.6. The van der Waals surface area contributed by atoms with Gasteiger partial charge in [0.1, 0.15) is 18.1 Å². The van der Waals surface area contributed by atoms with E-state index in [4.69, 9.17) is 0 Å². The minimum atomic E-state index is -0.992. The van der Waals surface area contributed by atoms with Crippen LogP contribution in [0.1, 0.15) is 68.4 Å². The molecule has 12 heteroatoms. The monoisotopic (exact) mass is 634 g/mol. The third kappa shape index (κ3) is 11.6. The van der Waals surface area contributed by atoms with Gasteiger partial charge in [-0.1, -0.05) is 56.3 Å². The van der Waals surface area contributed by atoms with Gasteiger partial charge in [0.05, 0.1) is 6.54 Å². The van der Waals surface area contributed by atoms with Crippen molar-refractivity contribution in [1.82, 2.24) is 31.5 Å². The first-order valence-corrected chi connectivity index (χ1v) is 15.8. The molecule has 4 rings (SSSR count). The number of benzene rings is 2. The van der Waals surface area contributed by atoms with Crippen molar-refractivity contribution < 1.29 is 28.8 Å². The van der Waals surface area contributed by atoms with E-state index in [-0.39, 0.29) is 43.1 Å². The average molecular weight is 635 g/mol. The van der Waals surface area contributed by atoms with Crippen molar-refractivity contribution in [3.05, 3.63) is 71.3 Å². The Bertz CT molecular complexity index is 1360. The van der Waals surface area contributed by atoms with Crippen molar-refractivity contribution in [3.63, 3.8) is 0 Å². The molecule has 5 N–H and O–H groups in total. The van der Waals surface area contributed by atoms with Gasteiger partial charge in [0.2, 0.25) is 29.5 Å². The van der Waals surface area contributed by atoms with E-state index in [9.17, 15) is 28.8 Å². The highest BCUT2D eigenvalue weighted by molar-refractivity contribution is 5.99. The molecule has 0 unspecified atom stereocenters. The minimum absolute atomic E-state index is 0.0556. The number of carbonyl (C=O) groups is 6. The van der Waals surface area contributed by atoms with Crippen LogP contribution < -0.4 is 26.6 Å². The number of carbonyl (C=O) groups excluding carboxylic acids is 6. The first kappa shape index (κ1) is 35.7. The van der Waals surface area contributed by atoms with Crippen LogP contribution in [0.15, 0.2) is 54.6 Å². The van der Waals surface area contributed by atoms with Crippen LogP contribution in [-0.2, 0) is 36.9 Å². The van der Waals surface area contributed by atoms with Gasteiger partial charge in [-0.15, -0.1) is 0 Å². The summed E-state index contributed by atoms with van der Waals surface area (Å²) < 4.78 is 0. The molecule has 2 aliphatic heterocycles. The number of nitrogens with zero attached hydrogens (tertiary/aromatic N) is 1. The highest BCUT2D eigenvalue weighted by Crippen LogP contribution is 2.12. The average Bonchev–Trinajstić information content (AvgIpc) is 3.02. The molecule has 2 heterocycles. The number of hydrogen-bond acceptors (Lipinski definition) is 6. The molecule has 2 bridgehead atoms. The first-order chi connectivity index (χ1) is 21.9. The normalized spacial score (nSPS) is 20.5. The van der Waals surface area contributed by atoms with Crippen LogP contribution in [0.2, 0.25) is 0 Å². The van der Waals surface area contributed by atoms with Crippen molar-refractivity contribution in [2.45, 2.75) is 78.0 Å². The Hall–Kier alpha value is -4.74. The van der Waals surface area contributed by atoms with Crippen LogP contribution in [-0.4, -0.2) is 78.1 Å². The molecule has 46 heavy (non-hydrogen) atoms. The zero-order valence-corrected chi connectivity index (χ0v) is 27.1. The molecule has 3 atom stereocenters. The van der Waals surface area contributed by atoms with Gasteiger partial charge in [0, 0.05) is 38.5 Å². The molecule has 12 nitrogen and oxygen atoms in total. The van der Waals surface area contributed by atoms with Gasteiger partial charge in [-0.3, -0.25) is 28.8 Å². The number of nitrogens with one attached hydrogen (secondary N) is 5. The fraction of sp³-hybridized carbons (Fsp3) is 0.471. The van der Waals surface area contributed by atoms with Crippen LogP contribution in [0, 0.1) is 5.92 Å². The highest BCUT2D eigenvalue weighted by atomic mass is 16.2. The lowest BCUT2D eigenvalue weighted by molar-refractivity contribution is -0.133. The summed E-state index contributed by atoms with van der Waals surface area (Å²) in [5.41, 5.74) is 1.93. The Kier molecular flexibility index (Phi) is 13.7. The number of hydrogen-bond donors (Lipinski definition) is 5. The highest BCUT2D eigenvalue weighted by Gasteiger charge is 2.29. The third-order valence-corrected chi connectivity index (χ3v) is 7.58. The van der Waals surface area contributed by atoms with Gasteiger partial charge in [-0.2, -0.15) is 0 Å². The molecule has 0 aromatic heterocycles. The first-order valence-electron chi connectivity index (χ1n) is 15.8. The lowest BCUT2D eigenvalue weighted by Gasteiger charge is -2.25. The maximum Gasteiger partial charge on any atom is 0.251 e. The molecule has 0 aliphatic carbocycles. The van der Waals surface area contributed by atoms with Gasteiger partial charge < -0.3 is 31.5 Å². The number of amides is 6. The van der Waals surface area contributed by atoms with Crippen LogP contribution in [0.4, 0.5) is 0 Å². The fourth-order valence-electron chi connectivity index (χ4n) is 5.03. The van der Waals surface area contributed by atoms with Gasteiger partial charge >= 0.3 is 0 Å². The molecular formula is C34H46N6O6. The Morgan fingerprint density at radius 1 is 0.870 bits per heavy atom. The maximum atomic E-state index is 13.7.